The summed E-state index contributed by atoms with van der Waals surface area (Å²) in [5.41, 5.74) is 3.54. The molecule has 4 heteroatoms. The van der Waals surface area contributed by atoms with E-state index in [1.807, 2.05) is 35.2 Å². The molecule has 1 atom stereocenters. The number of hydrogen-bond donors (Lipinski definition) is 0. The Balaban J connectivity index is 1.56. The Morgan fingerprint density at radius 1 is 0.897 bits per heavy atom. The van der Waals surface area contributed by atoms with Crippen LogP contribution in [0, 0.1) is 0 Å². The number of carbonyl (C=O) groups excluding carboxylic acids is 1. The summed E-state index contributed by atoms with van der Waals surface area (Å²) in [5.74, 6) is 1.83. The van der Waals surface area contributed by atoms with Gasteiger partial charge >= 0.3 is 0 Å². The molecule has 0 aromatic heterocycles. The summed E-state index contributed by atoms with van der Waals surface area (Å²) in [7, 11) is 0. The smallest absolute Gasteiger partial charge is 0.231 e. The quantitative estimate of drug-likeness (QED) is 0.574. The molecule has 3 aromatic rings. The molecule has 0 spiro atoms. The second kappa shape index (κ2) is 8.82. The fourth-order valence-electron chi connectivity index (χ4n) is 3.78. The van der Waals surface area contributed by atoms with Crippen LogP contribution < -0.4 is 9.47 Å². The van der Waals surface area contributed by atoms with Crippen LogP contribution >= 0.6 is 0 Å². The van der Waals surface area contributed by atoms with Crippen molar-refractivity contribution in [2.24, 2.45) is 0 Å². The standard InChI is InChI=1S/C25H25NO3/c1-19(27)26(17-20-8-4-2-5-9-20)15-14-23(21-10-6-3-7-11-21)22-12-13-24-25(16-22)29-18-28-24/h2-13,16,23H,14-15,17-18H2,1H3/t23-/m1/s1. The molecule has 3 aromatic carbocycles. The van der Waals surface area contributed by atoms with Crippen LogP contribution in [-0.2, 0) is 11.3 Å². The summed E-state index contributed by atoms with van der Waals surface area (Å²) in [6, 6.07) is 26.7. The number of ether oxygens (including phenoxy) is 2. The van der Waals surface area contributed by atoms with E-state index in [9.17, 15) is 4.79 Å². The van der Waals surface area contributed by atoms with Gasteiger partial charge in [-0.2, -0.15) is 0 Å². The number of hydrogen-bond acceptors (Lipinski definition) is 3. The number of benzene rings is 3. The van der Waals surface area contributed by atoms with Crippen molar-refractivity contribution < 1.29 is 14.3 Å². The van der Waals surface area contributed by atoms with Gasteiger partial charge in [-0.15, -0.1) is 0 Å². The monoisotopic (exact) mass is 387 g/mol. The minimum Gasteiger partial charge on any atom is -0.454 e. The number of fused-ring (bicyclic) bond motifs is 1. The Bertz CT molecular complexity index is 956. The molecule has 0 fully saturated rings. The molecule has 29 heavy (non-hydrogen) atoms. The van der Waals surface area contributed by atoms with Gasteiger partial charge in [-0.3, -0.25) is 4.79 Å². The Morgan fingerprint density at radius 3 is 2.31 bits per heavy atom. The second-order valence-corrected chi connectivity index (χ2v) is 7.29. The first-order chi connectivity index (χ1) is 14.2. The fraction of sp³-hybridized carbons (Fsp3) is 0.240. The maximum atomic E-state index is 12.3. The molecule has 4 nitrogen and oxygen atoms in total. The highest BCUT2D eigenvalue weighted by Gasteiger charge is 2.21. The molecule has 1 amide bonds. The lowest BCUT2D eigenvalue weighted by Gasteiger charge is -2.25. The minimum atomic E-state index is 0.0892. The summed E-state index contributed by atoms with van der Waals surface area (Å²) in [5, 5.41) is 0. The minimum absolute atomic E-state index is 0.0892. The molecule has 0 aliphatic carbocycles. The van der Waals surface area contributed by atoms with E-state index < -0.39 is 0 Å². The molecule has 0 saturated heterocycles. The first-order valence-electron chi connectivity index (χ1n) is 9.94. The van der Waals surface area contributed by atoms with Crippen LogP contribution in [-0.4, -0.2) is 24.1 Å². The van der Waals surface area contributed by atoms with Crippen molar-refractivity contribution in [1.82, 2.24) is 4.90 Å². The van der Waals surface area contributed by atoms with E-state index in [1.165, 1.54) is 11.1 Å². The van der Waals surface area contributed by atoms with Crippen LogP contribution in [0.4, 0.5) is 0 Å². The molecule has 0 N–H and O–H groups in total. The van der Waals surface area contributed by atoms with Crippen LogP contribution in [0.3, 0.4) is 0 Å². The summed E-state index contributed by atoms with van der Waals surface area (Å²) < 4.78 is 11.0. The van der Waals surface area contributed by atoms with E-state index >= 15 is 0 Å². The van der Waals surface area contributed by atoms with E-state index in [4.69, 9.17) is 9.47 Å². The molecular formula is C25H25NO3. The van der Waals surface area contributed by atoms with Crippen molar-refractivity contribution in [3.05, 3.63) is 95.6 Å². The Labute approximate surface area is 171 Å². The number of rotatable bonds is 7. The molecule has 1 aliphatic rings. The Morgan fingerprint density at radius 2 is 1.59 bits per heavy atom. The van der Waals surface area contributed by atoms with Gasteiger partial charge in [0.25, 0.3) is 0 Å². The van der Waals surface area contributed by atoms with Crippen LogP contribution in [0.1, 0.15) is 36.0 Å². The third kappa shape index (κ3) is 4.60. The third-order valence-corrected chi connectivity index (χ3v) is 5.35. The van der Waals surface area contributed by atoms with Gasteiger partial charge in [0.1, 0.15) is 0 Å². The number of amides is 1. The molecule has 1 aliphatic heterocycles. The van der Waals surface area contributed by atoms with Crippen molar-refractivity contribution in [2.45, 2.75) is 25.8 Å². The lowest BCUT2D eigenvalue weighted by molar-refractivity contribution is -0.129. The summed E-state index contributed by atoms with van der Waals surface area (Å²) in [6.45, 7) is 3.21. The highest BCUT2D eigenvalue weighted by Crippen LogP contribution is 2.37. The van der Waals surface area contributed by atoms with Gasteiger partial charge in [0.15, 0.2) is 11.5 Å². The first-order valence-corrected chi connectivity index (χ1v) is 9.94. The maximum Gasteiger partial charge on any atom is 0.231 e. The molecular weight excluding hydrogens is 362 g/mol. The average molecular weight is 387 g/mol. The Kier molecular flexibility index (Phi) is 5.80. The van der Waals surface area contributed by atoms with E-state index in [1.54, 1.807) is 6.92 Å². The van der Waals surface area contributed by atoms with Crippen LogP contribution in [0.15, 0.2) is 78.9 Å². The number of nitrogens with zero attached hydrogens (tertiary/aromatic N) is 1. The van der Waals surface area contributed by atoms with Crippen LogP contribution in [0.2, 0.25) is 0 Å². The average Bonchev–Trinajstić information content (AvgIpc) is 3.22. The first kappa shape index (κ1) is 19.1. The van der Waals surface area contributed by atoms with E-state index in [0.717, 1.165) is 23.5 Å². The van der Waals surface area contributed by atoms with Gasteiger partial charge in [-0.05, 0) is 35.2 Å². The van der Waals surface area contributed by atoms with Gasteiger partial charge < -0.3 is 14.4 Å². The van der Waals surface area contributed by atoms with Crippen LogP contribution in [0.5, 0.6) is 11.5 Å². The molecule has 148 valence electrons. The van der Waals surface area contributed by atoms with Crippen molar-refractivity contribution in [3.63, 3.8) is 0 Å². The SMILES string of the molecule is CC(=O)N(CC[C@H](c1ccccc1)c1ccc2c(c1)OCO2)Cc1ccccc1. The van der Waals surface area contributed by atoms with E-state index in [0.29, 0.717) is 13.1 Å². The van der Waals surface area contributed by atoms with Gasteiger partial charge in [-0.1, -0.05) is 66.7 Å². The maximum absolute atomic E-state index is 12.3. The summed E-state index contributed by atoms with van der Waals surface area (Å²) in [6.07, 6.45) is 0.829. The third-order valence-electron chi connectivity index (χ3n) is 5.35. The van der Waals surface area contributed by atoms with Crippen molar-refractivity contribution in [2.75, 3.05) is 13.3 Å². The van der Waals surface area contributed by atoms with Crippen molar-refractivity contribution in [1.29, 1.82) is 0 Å². The molecule has 1 heterocycles. The largest absolute Gasteiger partial charge is 0.454 e. The van der Waals surface area contributed by atoms with Gasteiger partial charge in [0, 0.05) is 25.9 Å². The summed E-state index contributed by atoms with van der Waals surface area (Å²) >= 11 is 0. The van der Waals surface area contributed by atoms with Crippen molar-refractivity contribution >= 4 is 5.91 Å². The van der Waals surface area contributed by atoms with Gasteiger partial charge in [0.05, 0.1) is 0 Å². The lowest BCUT2D eigenvalue weighted by atomic mass is 9.88. The van der Waals surface area contributed by atoms with Gasteiger partial charge in [-0.25, -0.2) is 0 Å². The normalized spacial score (nSPS) is 13.1. The predicted octanol–water partition coefficient (Wildman–Crippen LogP) is 4.99. The zero-order valence-corrected chi connectivity index (χ0v) is 16.6. The zero-order valence-electron chi connectivity index (χ0n) is 16.6. The molecule has 4 rings (SSSR count). The predicted molar refractivity (Wildman–Crippen MR) is 113 cm³/mol. The summed E-state index contributed by atoms with van der Waals surface area (Å²) in [4.78, 5) is 14.2. The molecule has 0 radical (unpaired) electrons. The molecule has 0 unspecified atom stereocenters. The topological polar surface area (TPSA) is 38.8 Å². The number of carbonyl (C=O) groups is 1. The zero-order chi connectivity index (χ0) is 20.1. The molecule has 0 saturated carbocycles. The fourth-order valence-corrected chi connectivity index (χ4v) is 3.78. The van der Waals surface area contributed by atoms with Gasteiger partial charge in [0.2, 0.25) is 12.7 Å². The van der Waals surface area contributed by atoms with Crippen LogP contribution in [0.25, 0.3) is 0 Å². The Hall–Kier alpha value is -3.27. The van der Waals surface area contributed by atoms with Crippen molar-refractivity contribution in [3.8, 4) is 11.5 Å². The second-order valence-electron chi connectivity index (χ2n) is 7.29. The lowest BCUT2D eigenvalue weighted by Crippen LogP contribution is -2.30. The van der Waals surface area contributed by atoms with E-state index in [-0.39, 0.29) is 18.6 Å². The molecule has 0 bridgehead atoms. The van der Waals surface area contributed by atoms with E-state index in [2.05, 4.69) is 48.5 Å². The highest BCUT2D eigenvalue weighted by atomic mass is 16.7. The highest BCUT2D eigenvalue weighted by molar-refractivity contribution is 5.73.